The predicted octanol–water partition coefficient (Wildman–Crippen LogP) is 1.36. The van der Waals surface area contributed by atoms with Gasteiger partial charge >= 0.3 is 0 Å². The fourth-order valence-corrected chi connectivity index (χ4v) is 6.07. The van der Waals surface area contributed by atoms with Gasteiger partial charge in [0.25, 0.3) is 0 Å². The molecule has 25 heavy (non-hydrogen) atoms. The van der Waals surface area contributed by atoms with Crippen molar-refractivity contribution in [2.24, 2.45) is 5.92 Å². The van der Waals surface area contributed by atoms with Gasteiger partial charge in [0.1, 0.15) is 0 Å². The molecule has 0 radical (unpaired) electrons. The van der Waals surface area contributed by atoms with E-state index in [4.69, 9.17) is 4.74 Å². The van der Waals surface area contributed by atoms with Crippen LogP contribution in [0.2, 0.25) is 0 Å². The average Bonchev–Trinajstić information content (AvgIpc) is 3.04. The number of hydrogen-bond donors (Lipinski definition) is 2. The first-order valence-corrected chi connectivity index (χ1v) is 11.3. The number of hydrogen-bond acceptors (Lipinski definition) is 5. The molecule has 1 saturated carbocycles. The topological polar surface area (TPSA) is 70.7 Å². The van der Waals surface area contributed by atoms with Crippen LogP contribution < -0.4 is 10.6 Å². The van der Waals surface area contributed by atoms with Crippen molar-refractivity contribution in [3.63, 3.8) is 0 Å². The van der Waals surface area contributed by atoms with Gasteiger partial charge < -0.3 is 15.4 Å². The molecule has 6 nitrogen and oxygen atoms in total. The summed E-state index contributed by atoms with van der Waals surface area (Å²) in [5, 5.41) is 7.47. The minimum atomic E-state index is -3.03. The maximum atomic E-state index is 12.2. The number of piperidine rings is 1. The van der Waals surface area contributed by atoms with Crippen LogP contribution in [0.15, 0.2) is 0 Å². The molecule has 0 amide bonds. The maximum absolute atomic E-state index is 12.2. The molecule has 3 fully saturated rings. The molecule has 0 aromatic heterocycles. The van der Waals surface area contributed by atoms with E-state index in [-0.39, 0.29) is 18.2 Å². The van der Waals surface area contributed by atoms with Gasteiger partial charge in [-0.3, -0.25) is 0 Å². The van der Waals surface area contributed by atoms with E-state index in [2.05, 4.69) is 10.6 Å². The first-order chi connectivity index (χ1) is 11.6. The Kier molecular flexibility index (Phi) is 8.43. The highest BCUT2D eigenvalue weighted by atomic mass is 35.5. The van der Waals surface area contributed by atoms with E-state index in [0.717, 1.165) is 32.6 Å². The van der Waals surface area contributed by atoms with E-state index in [1.807, 2.05) is 6.92 Å². The quantitative estimate of drug-likeness (QED) is 0.710. The lowest BCUT2D eigenvalue weighted by Crippen LogP contribution is -2.54. The third-order valence-corrected chi connectivity index (χ3v) is 7.87. The van der Waals surface area contributed by atoms with E-state index in [9.17, 15) is 8.42 Å². The summed E-state index contributed by atoms with van der Waals surface area (Å²) in [5.41, 5.74) is 0. The molecule has 0 aromatic carbocycles. The molecule has 3 aliphatic rings. The van der Waals surface area contributed by atoms with Gasteiger partial charge in [-0.2, -0.15) is 0 Å². The van der Waals surface area contributed by atoms with Crippen LogP contribution in [-0.4, -0.2) is 69.4 Å². The van der Waals surface area contributed by atoms with E-state index in [1.165, 1.54) is 19.3 Å². The van der Waals surface area contributed by atoms with Crippen LogP contribution in [-0.2, 0) is 14.8 Å². The highest BCUT2D eigenvalue weighted by Crippen LogP contribution is 2.30. The summed E-state index contributed by atoms with van der Waals surface area (Å²) in [5.74, 6) is 0.926. The Labute approximate surface area is 158 Å². The molecule has 3 atom stereocenters. The largest absolute Gasteiger partial charge is 0.379 e. The standard InChI is InChI=1S/C17H33N3O3S.ClH/c1-2-12-24(21,22)20-9-6-14(7-10-20)19-16-5-3-4-15(16)17-13-23-11-8-18-17;/h14-19H,2-13H2,1H3;1H. The third kappa shape index (κ3) is 5.53. The van der Waals surface area contributed by atoms with Crippen LogP contribution in [0.1, 0.15) is 45.4 Å². The molecule has 0 aromatic rings. The smallest absolute Gasteiger partial charge is 0.214 e. The lowest BCUT2D eigenvalue weighted by atomic mass is 9.92. The number of sulfonamides is 1. The molecular formula is C17H34ClN3O3S. The SMILES string of the molecule is CCCS(=O)(=O)N1CCC(NC2CCCC2C2COCCN2)CC1.Cl. The fourth-order valence-electron chi connectivity index (χ4n) is 4.53. The van der Waals surface area contributed by atoms with Crippen molar-refractivity contribution in [1.29, 1.82) is 0 Å². The summed E-state index contributed by atoms with van der Waals surface area (Å²) in [6, 6.07) is 1.48. The maximum Gasteiger partial charge on any atom is 0.214 e. The molecule has 3 rings (SSSR count). The normalized spacial score (nSPS) is 32.4. The molecule has 2 N–H and O–H groups in total. The molecule has 8 heteroatoms. The second-order valence-corrected chi connectivity index (χ2v) is 9.58. The Morgan fingerprint density at radius 2 is 1.96 bits per heavy atom. The van der Waals surface area contributed by atoms with Crippen molar-refractivity contribution in [3.8, 4) is 0 Å². The van der Waals surface area contributed by atoms with Crippen molar-refractivity contribution in [1.82, 2.24) is 14.9 Å². The summed E-state index contributed by atoms with van der Waals surface area (Å²) in [6.07, 6.45) is 6.34. The minimum Gasteiger partial charge on any atom is -0.379 e. The van der Waals surface area contributed by atoms with E-state index < -0.39 is 10.0 Å². The Bertz CT molecular complexity index is 491. The molecule has 0 spiro atoms. The van der Waals surface area contributed by atoms with Crippen LogP contribution in [0.5, 0.6) is 0 Å². The highest BCUT2D eigenvalue weighted by molar-refractivity contribution is 7.89. The monoisotopic (exact) mass is 395 g/mol. The van der Waals surface area contributed by atoms with Crippen LogP contribution in [0.3, 0.4) is 0 Å². The zero-order chi connectivity index (χ0) is 17.0. The molecule has 3 unspecified atom stereocenters. The number of nitrogens with one attached hydrogen (secondary N) is 2. The van der Waals surface area contributed by atoms with Crippen molar-refractivity contribution in [3.05, 3.63) is 0 Å². The van der Waals surface area contributed by atoms with Crippen LogP contribution >= 0.6 is 12.4 Å². The van der Waals surface area contributed by atoms with Crippen molar-refractivity contribution in [2.45, 2.75) is 63.6 Å². The van der Waals surface area contributed by atoms with Gasteiger partial charge in [0.15, 0.2) is 0 Å². The second kappa shape index (κ2) is 9.85. The fraction of sp³-hybridized carbons (Fsp3) is 1.00. The molecule has 2 saturated heterocycles. The number of morpholine rings is 1. The zero-order valence-electron chi connectivity index (χ0n) is 15.3. The van der Waals surface area contributed by atoms with Crippen molar-refractivity contribution < 1.29 is 13.2 Å². The first-order valence-electron chi connectivity index (χ1n) is 9.65. The summed E-state index contributed by atoms with van der Waals surface area (Å²) >= 11 is 0. The third-order valence-electron chi connectivity index (χ3n) is 5.80. The van der Waals surface area contributed by atoms with Gasteiger partial charge in [0.05, 0.1) is 19.0 Å². The zero-order valence-corrected chi connectivity index (χ0v) is 16.9. The molecule has 0 bridgehead atoms. The average molecular weight is 396 g/mol. The van der Waals surface area contributed by atoms with Gasteiger partial charge in [-0.25, -0.2) is 12.7 Å². The molecule has 2 aliphatic heterocycles. The Morgan fingerprint density at radius 3 is 2.60 bits per heavy atom. The lowest BCUT2D eigenvalue weighted by molar-refractivity contribution is 0.0510. The number of rotatable bonds is 6. The number of nitrogens with zero attached hydrogens (tertiary/aromatic N) is 1. The first kappa shape index (κ1) is 21.4. The van der Waals surface area contributed by atoms with Gasteiger partial charge in [-0.05, 0) is 38.0 Å². The number of ether oxygens (including phenoxy) is 1. The van der Waals surface area contributed by atoms with E-state index >= 15 is 0 Å². The Morgan fingerprint density at radius 1 is 1.20 bits per heavy atom. The minimum absolute atomic E-state index is 0. The number of halogens is 1. The van der Waals surface area contributed by atoms with E-state index in [0.29, 0.717) is 43.6 Å². The molecular weight excluding hydrogens is 362 g/mol. The highest BCUT2D eigenvalue weighted by Gasteiger charge is 2.36. The van der Waals surface area contributed by atoms with Gasteiger partial charge in [0, 0.05) is 37.8 Å². The van der Waals surface area contributed by atoms with Crippen molar-refractivity contribution >= 4 is 22.4 Å². The summed E-state index contributed by atoms with van der Waals surface area (Å²) in [6.45, 7) is 5.88. The van der Waals surface area contributed by atoms with Crippen molar-refractivity contribution in [2.75, 3.05) is 38.6 Å². The van der Waals surface area contributed by atoms with Gasteiger partial charge in [-0.15, -0.1) is 12.4 Å². The molecule has 2 heterocycles. The molecule has 148 valence electrons. The summed E-state index contributed by atoms with van der Waals surface area (Å²) < 4.78 is 31.7. The Balaban J connectivity index is 0.00000225. The van der Waals surface area contributed by atoms with E-state index in [1.54, 1.807) is 4.31 Å². The summed E-state index contributed by atoms with van der Waals surface area (Å²) in [4.78, 5) is 0. The lowest BCUT2D eigenvalue weighted by Gasteiger charge is -2.37. The van der Waals surface area contributed by atoms with Crippen LogP contribution in [0.25, 0.3) is 0 Å². The Hall–Kier alpha value is 0.0800. The van der Waals surface area contributed by atoms with Gasteiger partial charge in [-0.1, -0.05) is 13.3 Å². The molecule has 1 aliphatic carbocycles. The van der Waals surface area contributed by atoms with Crippen LogP contribution in [0.4, 0.5) is 0 Å². The van der Waals surface area contributed by atoms with Crippen LogP contribution in [0, 0.1) is 5.92 Å². The second-order valence-electron chi connectivity index (χ2n) is 7.49. The predicted molar refractivity (Wildman–Crippen MR) is 103 cm³/mol. The van der Waals surface area contributed by atoms with Gasteiger partial charge in [0.2, 0.25) is 10.0 Å². The summed E-state index contributed by atoms with van der Waals surface area (Å²) in [7, 11) is -3.03.